The molecule has 1 aromatic rings. The van der Waals surface area contributed by atoms with Crippen LogP contribution in [0.25, 0.3) is 0 Å². The molecular weight excluding hydrogens is 361 g/mol. The number of nitrogens with one attached hydrogen (secondary N) is 1. The maximum absolute atomic E-state index is 13.8. The number of carbonyl (C=O) groups excluding carboxylic acids is 2. The summed E-state index contributed by atoms with van der Waals surface area (Å²) in [6.45, 7) is 2.90. The monoisotopic (exact) mass is 385 g/mol. The number of carbonyl (C=O) groups is 2. The molecule has 1 fully saturated rings. The van der Waals surface area contributed by atoms with Crippen molar-refractivity contribution in [1.82, 2.24) is 9.62 Å². The number of amides is 2. The molecular formula is C17H24FN3O4S. The average Bonchev–Trinajstić information content (AvgIpc) is 2.95. The quantitative estimate of drug-likeness (QED) is 0.676. The van der Waals surface area contributed by atoms with Gasteiger partial charge < -0.3 is 10.2 Å². The highest BCUT2D eigenvalue weighted by Gasteiger charge is 2.35. The van der Waals surface area contributed by atoms with E-state index in [1.54, 1.807) is 19.1 Å². The van der Waals surface area contributed by atoms with Crippen molar-refractivity contribution in [1.29, 1.82) is 0 Å². The third-order valence-corrected chi connectivity index (χ3v) is 5.72. The zero-order chi connectivity index (χ0) is 19.3. The second-order valence-electron chi connectivity index (χ2n) is 6.26. The Morgan fingerprint density at radius 1 is 1.38 bits per heavy atom. The molecule has 1 heterocycles. The molecule has 1 aliphatic heterocycles. The second kappa shape index (κ2) is 8.59. The van der Waals surface area contributed by atoms with Gasteiger partial charge in [-0.15, -0.1) is 0 Å². The summed E-state index contributed by atoms with van der Waals surface area (Å²) in [5.41, 5.74) is 0.180. The van der Waals surface area contributed by atoms with Gasteiger partial charge in [-0.05, 0) is 18.6 Å². The number of halogens is 1. The molecule has 1 unspecified atom stereocenters. The molecule has 0 radical (unpaired) electrons. The van der Waals surface area contributed by atoms with Crippen molar-refractivity contribution in [2.45, 2.75) is 19.8 Å². The zero-order valence-corrected chi connectivity index (χ0v) is 15.8. The SMILES string of the molecule is CCN(CCCNC(=O)C1CC(=O)N(c2ccccc2F)C1)S(C)(=O)=O. The predicted octanol–water partition coefficient (Wildman–Crippen LogP) is 0.966. The largest absolute Gasteiger partial charge is 0.356 e. The van der Waals surface area contributed by atoms with Gasteiger partial charge in [0.15, 0.2) is 0 Å². The Kier molecular flexibility index (Phi) is 6.71. The molecule has 1 atom stereocenters. The normalized spacial score (nSPS) is 17.8. The van der Waals surface area contributed by atoms with E-state index in [2.05, 4.69) is 5.32 Å². The van der Waals surface area contributed by atoms with E-state index < -0.39 is 21.8 Å². The molecule has 1 saturated heterocycles. The van der Waals surface area contributed by atoms with Gasteiger partial charge >= 0.3 is 0 Å². The minimum atomic E-state index is -3.25. The number of benzene rings is 1. The van der Waals surface area contributed by atoms with Gasteiger partial charge in [-0.3, -0.25) is 9.59 Å². The van der Waals surface area contributed by atoms with E-state index in [-0.39, 0.29) is 30.5 Å². The van der Waals surface area contributed by atoms with Crippen LogP contribution in [0.15, 0.2) is 24.3 Å². The van der Waals surface area contributed by atoms with Crippen LogP contribution in [0.3, 0.4) is 0 Å². The summed E-state index contributed by atoms with van der Waals surface area (Å²) in [5, 5.41) is 2.73. The number of rotatable bonds is 8. The van der Waals surface area contributed by atoms with E-state index >= 15 is 0 Å². The van der Waals surface area contributed by atoms with Gasteiger partial charge in [0.25, 0.3) is 0 Å². The molecule has 0 spiro atoms. The molecule has 9 heteroatoms. The van der Waals surface area contributed by atoms with Crippen LogP contribution in [0.2, 0.25) is 0 Å². The minimum absolute atomic E-state index is 0.0323. The van der Waals surface area contributed by atoms with Crippen molar-refractivity contribution in [3.05, 3.63) is 30.1 Å². The highest BCUT2D eigenvalue weighted by molar-refractivity contribution is 7.88. The summed E-state index contributed by atoms with van der Waals surface area (Å²) in [4.78, 5) is 25.7. The fourth-order valence-corrected chi connectivity index (χ4v) is 3.89. The summed E-state index contributed by atoms with van der Waals surface area (Å²) < 4.78 is 38.2. The van der Waals surface area contributed by atoms with Crippen LogP contribution in [0.1, 0.15) is 19.8 Å². The lowest BCUT2D eigenvalue weighted by Crippen LogP contribution is -2.36. The van der Waals surface area contributed by atoms with E-state index in [0.29, 0.717) is 26.1 Å². The minimum Gasteiger partial charge on any atom is -0.356 e. The maximum atomic E-state index is 13.8. The fourth-order valence-electron chi connectivity index (χ4n) is 2.96. The van der Waals surface area contributed by atoms with Crippen molar-refractivity contribution >= 4 is 27.5 Å². The molecule has 0 aromatic heterocycles. The van der Waals surface area contributed by atoms with Crippen molar-refractivity contribution in [3.8, 4) is 0 Å². The summed E-state index contributed by atoms with van der Waals surface area (Å²) in [6.07, 6.45) is 1.66. The van der Waals surface area contributed by atoms with Gasteiger partial charge in [-0.1, -0.05) is 19.1 Å². The molecule has 26 heavy (non-hydrogen) atoms. The first-order valence-corrected chi connectivity index (χ1v) is 10.4. The Labute approximate surface area is 153 Å². The van der Waals surface area contributed by atoms with Crippen LogP contribution < -0.4 is 10.2 Å². The van der Waals surface area contributed by atoms with Crippen LogP contribution in [0, 0.1) is 11.7 Å². The molecule has 1 aliphatic rings. The fraction of sp³-hybridized carbons (Fsp3) is 0.529. The zero-order valence-electron chi connectivity index (χ0n) is 14.9. The summed E-state index contributed by atoms with van der Waals surface area (Å²) in [6, 6.07) is 5.97. The number of para-hydroxylation sites is 1. The summed E-state index contributed by atoms with van der Waals surface area (Å²) >= 11 is 0. The lowest BCUT2D eigenvalue weighted by molar-refractivity contribution is -0.126. The Bertz CT molecular complexity index is 769. The number of nitrogens with zero attached hydrogens (tertiary/aromatic N) is 2. The highest BCUT2D eigenvalue weighted by Crippen LogP contribution is 2.27. The standard InChI is InChI=1S/C17H24FN3O4S/c1-3-20(26(2,24)25)10-6-9-19-17(23)13-11-16(22)21(12-13)15-8-5-4-7-14(15)18/h4-5,7-8,13H,3,6,9-12H2,1-2H3,(H,19,23). The second-order valence-corrected chi connectivity index (χ2v) is 8.24. The number of anilines is 1. The first-order valence-electron chi connectivity index (χ1n) is 8.51. The number of hydrogen-bond donors (Lipinski definition) is 1. The van der Waals surface area contributed by atoms with Crippen LogP contribution >= 0.6 is 0 Å². The first kappa shape index (κ1) is 20.3. The Hall–Kier alpha value is -2.00. The molecule has 1 aromatic carbocycles. The van der Waals surface area contributed by atoms with Crippen LogP contribution in [0.5, 0.6) is 0 Å². The smallest absolute Gasteiger partial charge is 0.227 e. The van der Waals surface area contributed by atoms with Gasteiger partial charge in [-0.25, -0.2) is 17.1 Å². The topological polar surface area (TPSA) is 86.8 Å². The maximum Gasteiger partial charge on any atom is 0.227 e. The Morgan fingerprint density at radius 2 is 2.08 bits per heavy atom. The summed E-state index contributed by atoms with van der Waals surface area (Å²) in [7, 11) is -3.25. The molecule has 2 amide bonds. The van der Waals surface area contributed by atoms with E-state index in [1.807, 2.05) is 0 Å². The van der Waals surface area contributed by atoms with Gasteiger partial charge in [0.2, 0.25) is 21.8 Å². The van der Waals surface area contributed by atoms with Gasteiger partial charge in [0.05, 0.1) is 17.9 Å². The van der Waals surface area contributed by atoms with Crippen molar-refractivity contribution in [2.75, 3.05) is 37.3 Å². The molecule has 0 aliphatic carbocycles. The predicted molar refractivity (Wildman–Crippen MR) is 96.6 cm³/mol. The van der Waals surface area contributed by atoms with Crippen LogP contribution in [-0.2, 0) is 19.6 Å². The van der Waals surface area contributed by atoms with Gasteiger partial charge in [0, 0.05) is 32.6 Å². The highest BCUT2D eigenvalue weighted by atomic mass is 32.2. The Balaban J connectivity index is 1.84. The third-order valence-electron chi connectivity index (χ3n) is 4.34. The van der Waals surface area contributed by atoms with Gasteiger partial charge in [-0.2, -0.15) is 0 Å². The molecule has 0 bridgehead atoms. The van der Waals surface area contributed by atoms with Gasteiger partial charge in [0.1, 0.15) is 5.82 Å². The van der Waals surface area contributed by atoms with E-state index in [1.165, 1.54) is 21.3 Å². The van der Waals surface area contributed by atoms with Crippen LogP contribution in [-0.4, -0.2) is 57.0 Å². The van der Waals surface area contributed by atoms with E-state index in [9.17, 15) is 22.4 Å². The third kappa shape index (κ3) is 5.01. The lowest BCUT2D eigenvalue weighted by Gasteiger charge is -2.18. The molecule has 2 rings (SSSR count). The average molecular weight is 385 g/mol. The molecule has 7 nitrogen and oxygen atoms in total. The lowest BCUT2D eigenvalue weighted by atomic mass is 10.1. The first-order chi connectivity index (χ1) is 12.2. The Morgan fingerprint density at radius 3 is 2.69 bits per heavy atom. The molecule has 0 saturated carbocycles. The molecule has 1 N–H and O–H groups in total. The number of hydrogen-bond acceptors (Lipinski definition) is 4. The van der Waals surface area contributed by atoms with Crippen LogP contribution in [0.4, 0.5) is 10.1 Å². The summed E-state index contributed by atoms with van der Waals surface area (Å²) in [5.74, 6) is -1.61. The van der Waals surface area contributed by atoms with Crippen molar-refractivity contribution in [2.24, 2.45) is 5.92 Å². The van der Waals surface area contributed by atoms with Crippen molar-refractivity contribution in [3.63, 3.8) is 0 Å². The van der Waals surface area contributed by atoms with Crippen molar-refractivity contribution < 1.29 is 22.4 Å². The molecule has 144 valence electrons. The number of sulfonamides is 1. The van der Waals surface area contributed by atoms with E-state index in [4.69, 9.17) is 0 Å². The van der Waals surface area contributed by atoms with E-state index in [0.717, 1.165) is 6.26 Å².